The average Bonchev–Trinajstić information content (AvgIpc) is 2.26. The molecule has 0 spiro atoms. The molecule has 0 radical (unpaired) electrons. The zero-order valence-electron chi connectivity index (χ0n) is 9.16. The van der Waals surface area contributed by atoms with E-state index in [1.807, 2.05) is 25.1 Å². The number of ether oxygens (including phenoxy) is 1. The van der Waals surface area contributed by atoms with Gasteiger partial charge in [0.1, 0.15) is 5.75 Å². The molecule has 0 bridgehead atoms. The fraction of sp³-hybridized carbons (Fsp3) is 0.385. The fourth-order valence-corrected chi connectivity index (χ4v) is 1.26. The fourth-order valence-electron chi connectivity index (χ4n) is 1.26. The molecule has 1 aromatic rings. The molecule has 0 aromatic heterocycles. The van der Waals surface area contributed by atoms with Gasteiger partial charge in [0.15, 0.2) is 0 Å². The SMILES string of the molecule is C/C=C\Oc1ccc([C@H](C)CC)cc1. The number of hydrogen-bond donors (Lipinski definition) is 0. The Labute approximate surface area is 86.4 Å². The highest BCUT2D eigenvalue weighted by molar-refractivity contribution is 5.29. The highest BCUT2D eigenvalue weighted by atomic mass is 16.5. The van der Waals surface area contributed by atoms with Crippen molar-refractivity contribution >= 4 is 0 Å². The van der Waals surface area contributed by atoms with Crippen LogP contribution in [0.4, 0.5) is 0 Å². The van der Waals surface area contributed by atoms with Crippen LogP contribution < -0.4 is 4.74 Å². The van der Waals surface area contributed by atoms with E-state index in [-0.39, 0.29) is 0 Å². The number of hydrogen-bond acceptors (Lipinski definition) is 1. The average molecular weight is 190 g/mol. The van der Waals surface area contributed by atoms with Crippen molar-refractivity contribution < 1.29 is 4.74 Å². The Bertz CT molecular complexity index is 285. The van der Waals surface area contributed by atoms with Crippen molar-refractivity contribution in [2.75, 3.05) is 0 Å². The van der Waals surface area contributed by atoms with Gasteiger partial charge in [-0.25, -0.2) is 0 Å². The lowest BCUT2D eigenvalue weighted by Crippen LogP contribution is -1.90. The lowest BCUT2D eigenvalue weighted by Gasteiger charge is -2.09. The Morgan fingerprint density at radius 1 is 1.29 bits per heavy atom. The van der Waals surface area contributed by atoms with E-state index in [0.717, 1.165) is 5.75 Å². The van der Waals surface area contributed by atoms with Gasteiger partial charge in [-0.05, 0) is 37.0 Å². The third-order valence-electron chi connectivity index (χ3n) is 2.40. The van der Waals surface area contributed by atoms with E-state index >= 15 is 0 Å². The van der Waals surface area contributed by atoms with Crippen molar-refractivity contribution in [1.82, 2.24) is 0 Å². The summed E-state index contributed by atoms with van der Waals surface area (Å²) < 4.78 is 5.34. The molecule has 0 aliphatic carbocycles. The monoisotopic (exact) mass is 190 g/mol. The Hall–Kier alpha value is -1.24. The lowest BCUT2D eigenvalue weighted by molar-refractivity contribution is 0.480. The zero-order chi connectivity index (χ0) is 10.4. The van der Waals surface area contributed by atoms with Gasteiger partial charge in [0.05, 0.1) is 6.26 Å². The molecule has 1 aromatic carbocycles. The van der Waals surface area contributed by atoms with Gasteiger partial charge in [0.25, 0.3) is 0 Å². The number of allylic oxidation sites excluding steroid dienone is 1. The van der Waals surface area contributed by atoms with Crippen molar-refractivity contribution in [2.45, 2.75) is 33.1 Å². The summed E-state index contributed by atoms with van der Waals surface area (Å²) in [6.45, 7) is 6.38. The normalized spacial score (nSPS) is 13.1. The molecule has 0 saturated heterocycles. The van der Waals surface area contributed by atoms with E-state index in [9.17, 15) is 0 Å². The van der Waals surface area contributed by atoms with Gasteiger partial charge >= 0.3 is 0 Å². The molecule has 0 unspecified atom stereocenters. The quantitative estimate of drug-likeness (QED) is 0.649. The van der Waals surface area contributed by atoms with Crippen LogP contribution in [-0.2, 0) is 0 Å². The maximum Gasteiger partial charge on any atom is 0.126 e. The van der Waals surface area contributed by atoms with Gasteiger partial charge in [-0.1, -0.05) is 32.1 Å². The minimum absolute atomic E-state index is 0.630. The van der Waals surface area contributed by atoms with Gasteiger partial charge in [-0.3, -0.25) is 0 Å². The molecule has 1 nitrogen and oxygen atoms in total. The minimum atomic E-state index is 0.630. The predicted molar refractivity (Wildman–Crippen MR) is 60.6 cm³/mol. The summed E-state index contributed by atoms with van der Waals surface area (Å²) >= 11 is 0. The molecule has 14 heavy (non-hydrogen) atoms. The van der Waals surface area contributed by atoms with Crippen LogP contribution in [0.25, 0.3) is 0 Å². The van der Waals surface area contributed by atoms with Crippen LogP contribution in [0, 0.1) is 0 Å². The zero-order valence-corrected chi connectivity index (χ0v) is 9.16. The second kappa shape index (κ2) is 5.48. The Balaban J connectivity index is 2.68. The molecule has 1 atom stereocenters. The van der Waals surface area contributed by atoms with Crippen molar-refractivity contribution in [2.24, 2.45) is 0 Å². The standard InChI is InChI=1S/C13H18O/c1-4-10-14-13-8-6-12(7-9-13)11(3)5-2/h4,6-11H,5H2,1-3H3/b10-4-/t11-/m1/s1. The Morgan fingerprint density at radius 3 is 2.43 bits per heavy atom. The van der Waals surface area contributed by atoms with Crippen LogP contribution in [0.15, 0.2) is 36.6 Å². The summed E-state index contributed by atoms with van der Waals surface area (Å²) in [7, 11) is 0. The van der Waals surface area contributed by atoms with E-state index in [0.29, 0.717) is 5.92 Å². The second-order valence-electron chi connectivity index (χ2n) is 3.47. The summed E-state index contributed by atoms with van der Waals surface area (Å²) in [6.07, 6.45) is 4.75. The molecule has 0 aliphatic heterocycles. The molecule has 0 saturated carbocycles. The van der Waals surface area contributed by atoms with Crippen molar-refractivity contribution in [3.8, 4) is 5.75 Å². The first kappa shape index (κ1) is 10.8. The first-order chi connectivity index (χ1) is 6.77. The van der Waals surface area contributed by atoms with Crippen molar-refractivity contribution in [3.05, 3.63) is 42.2 Å². The summed E-state index contributed by atoms with van der Waals surface area (Å²) in [4.78, 5) is 0. The maximum atomic E-state index is 5.34. The molecule has 0 amide bonds. The molecule has 1 rings (SSSR count). The topological polar surface area (TPSA) is 9.23 Å². The van der Waals surface area contributed by atoms with E-state index in [2.05, 4.69) is 26.0 Å². The molecule has 0 N–H and O–H groups in total. The van der Waals surface area contributed by atoms with E-state index in [1.165, 1.54) is 12.0 Å². The van der Waals surface area contributed by atoms with Crippen LogP contribution in [0.2, 0.25) is 0 Å². The molecule has 0 heterocycles. The second-order valence-corrected chi connectivity index (χ2v) is 3.47. The molecular weight excluding hydrogens is 172 g/mol. The van der Waals surface area contributed by atoms with Gasteiger partial charge < -0.3 is 4.74 Å². The number of rotatable bonds is 4. The van der Waals surface area contributed by atoms with Gasteiger partial charge in [0.2, 0.25) is 0 Å². The van der Waals surface area contributed by atoms with Crippen LogP contribution >= 0.6 is 0 Å². The Kier molecular flexibility index (Phi) is 4.24. The predicted octanol–water partition coefficient (Wildman–Crippen LogP) is 4.11. The first-order valence-corrected chi connectivity index (χ1v) is 5.15. The minimum Gasteiger partial charge on any atom is -0.465 e. The summed E-state index contributed by atoms with van der Waals surface area (Å²) in [5.41, 5.74) is 1.38. The smallest absolute Gasteiger partial charge is 0.126 e. The summed E-state index contributed by atoms with van der Waals surface area (Å²) in [6, 6.07) is 8.29. The summed E-state index contributed by atoms with van der Waals surface area (Å²) in [5, 5.41) is 0. The molecule has 0 aliphatic rings. The third kappa shape index (κ3) is 2.91. The van der Waals surface area contributed by atoms with Crippen LogP contribution in [0.3, 0.4) is 0 Å². The van der Waals surface area contributed by atoms with E-state index in [4.69, 9.17) is 4.74 Å². The van der Waals surface area contributed by atoms with Gasteiger partial charge in [-0.2, -0.15) is 0 Å². The maximum absolute atomic E-state index is 5.34. The first-order valence-electron chi connectivity index (χ1n) is 5.15. The lowest BCUT2D eigenvalue weighted by atomic mass is 9.99. The number of benzene rings is 1. The van der Waals surface area contributed by atoms with Crippen molar-refractivity contribution in [1.29, 1.82) is 0 Å². The van der Waals surface area contributed by atoms with Gasteiger partial charge in [0, 0.05) is 0 Å². The highest BCUT2D eigenvalue weighted by Crippen LogP contribution is 2.21. The molecule has 0 fully saturated rings. The largest absolute Gasteiger partial charge is 0.465 e. The molecule has 76 valence electrons. The Morgan fingerprint density at radius 2 is 1.93 bits per heavy atom. The van der Waals surface area contributed by atoms with Crippen LogP contribution in [0.1, 0.15) is 38.7 Å². The molecular formula is C13H18O. The van der Waals surface area contributed by atoms with Gasteiger partial charge in [-0.15, -0.1) is 0 Å². The van der Waals surface area contributed by atoms with Crippen molar-refractivity contribution in [3.63, 3.8) is 0 Å². The third-order valence-corrected chi connectivity index (χ3v) is 2.40. The van der Waals surface area contributed by atoms with E-state index in [1.54, 1.807) is 6.26 Å². The summed E-state index contributed by atoms with van der Waals surface area (Å²) in [5.74, 6) is 1.53. The van der Waals surface area contributed by atoms with E-state index < -0.39 is 0 Å². The molecule has 1 heteroatoms. The highest BCUT2D eigenvalue weighted by Gasteiger charge is 2.01. The van der Waals surface area contributed by atoms with Crippen LogP contribution in [-0.4, -0.2) is 0 Å². The van der Waals surface area contributed by atoms with Crippen LogP contribution in [0.5, 0.6) is 5.75 Å².